The van der Waals surface area contributed by atoms with Gasteiger partial charge in [0.15, 0.2) is 0 Å². The highest BCUT2D eigenvalue weighted by Crippen LogP contribution is 2.26. The first-order chi connectivity index (χ1) is 13.3. The van der Waals surface area contributed by atoms with Crippen LogP contribution in [0.25, 0.3) is 10.9 Å². The third kappa shape index (κ3) is 4.03. The van der Waals surface area contributed by atoms with Crippen LogP contribution in [0.4, 0.5) is 14.5 Å². The van der Waals surface area contributed by atoms with Crippen molar-refractivity contribution in [3.05, 3.63) is 47.9 Å². The number of rotatable bonds is 7. The number of carboxylic acid groups (broad SMARTS) is 1. The number of carbonyl (C=O) groups is 2. The quantitative estimate of drug-likeness (QED) is 0.643. The molecule has 2 heterocycles. The maximum atomic E-state index is 13.5. The average Bonchev–Trinajstić information content (AvgIpc) is 3.18. The Bertz CT molecular complexity index is 1020. The van der Waals surface area contributed by atoms with Crippen molar-refractivity contribution in [3.63, 3.8) is 0 Å². The van der Waals surface area contributed by atoms with Crippen molar-refractivity contribution in [3.8, 4) is 0 Å². The SMILES string of the molecule is CC(C)Cn1ncc(C(=O)Nc2ccc3c(ccn3CC(=O)O)c2)c1C(F)F. The number of fused-ring (bicyclic) bond motifs is 1. The second kappa shape index (κ2) is 7.79. The molecule has 0 aliphatic carbocycles. The number of benzene rings is 1. The Hall–Kier alpha value is -3.23. The van der Waals surface area contributed by atoms with Gasteiger partial charge in [0, 0.05) is 29.3 Å². The minimum atomic E-state index is -2.82. The van der Waals surface area contributed by atoms with E-state index in [1.807, 2.05) is 13.8 Å². The molecule has 0 fully saturated rings. The Balaban J connectivity index is 1.85. The fraction of sp³-hybridized carbons (Fsp3) is 0.316. The topological polar surface area (TPSA) is 89.2 Å². The Morgan fingerprint density at radius 1 is 1.25 bits per heavy atom. The third-order valence-electron chi connectivity index (χ3n) is 4.20. The van der Waals surface area contributed by atoms with E-state index < -0.39 is 24.0 Å². The zero-order chi connectivity index (χ0) is 20.4. The van der Waals surface area contributed by atoms with Crippen LogP contribution in [0.1, 0.15) is 36.3 Å². The molecule has 9 heteroatoms. The van der Waals surface area contributed by atoms with Crippen LogP contribution >= 0.6 is 0 Å². The molecular weight excluding hydrogens is 370 g/mol. The normalized spacial score (nSPS) is 11.5. The van der Waals surface area contributed by atoms with Gasteiger partial charge in [-0.3, -0.25) is 14.3 Å². The number of halogens is 2. The van der Waals surface area contributed by atoms with Crippen LogP contribution in [0.15, 0.2) is 36.7 Å². The van der Waals surface area contributed by atoms with Gasteiger partial charge in [-0.25, -0.2) is 8.78 Å². The Kier molecular flexibility index (Phi) is 5.43. The highest BCUT2D eigenvalue weighted by molar-refractivity contribution is 6.05. The van der Waals surface area contributed by atoms with Gasteiger partial charge < -0.3 is 15.0 Å². The van der Waals surface area contributed by atoms with E-state index in [0.717, 1.165) is 11.6 Å². The molecule has 0 saturated heterocycles. The minimum Gasteiger partial charge on any atom is -0.480 e. The van der Waals surface area contributed by atoms with Crippen LogP contribution in [0.5, 0.6) is 0 Å². The second-order valence-electron chi connectivity index (χ2n) is 6.89. The standard InChI is InChI=1S/C19H20F2N4O3/c1-11(2)9-25-17(18(20)21)14(8-22-25)19(28)23-13-3-4-15-12(7-13)5-6-24(15)10-16(26)27/h3-8,11,18H,9-10H2,1-2H3,(H,23,28)(H,26,27). The lowest BCUT2D eigenvalue weighted by Gasteiger charge is -2.11. The fourth-order valence-electron chi connectivity index (χ4n) is 3.05. The highest BCUT2D eigenvalue weighted by atomic mass is 19.3. The molecule has 0 saturated carbocycles. The van der Waals surface area contributed by atoms with Crippen LogP contribution in [-0.2, 0) is 17.9 Å². The Morgan fingerprint density at radius 2 is 2.00 bits per heavy atom. The molecule has 0 unspecified atom stereocenters. The monoisotopic (exact) mass is 390 g/mol. The summed E-state index contributed by atoms with van der Waals surface area (Å²) >= 11 is 0. The summed E-state index contributed by atoms with van der Waals surface area (Å²) in [6.07, 6.45) is -0.0365. The van der Waals surface area contributed by atoms with Gasteiger partial charge in [0.2, 0.25) is 0 Å². The van der Waals surface area contributed by atoms with Crippen LogP contribution < -0.4 is 5.32 Å². The molecule has 1 amide bonds. The molecule has 28 heavy (non-hydrogen) atoms. The number of carbonyl (C=O) groups excluding carboxylic acids is 1. The van der Waals surface area contributed by atoms with Crippen molar-refractivity contribution in [1.82, 2.24) is 14.3 Å². The Morgan fingerprint density at radius 3 is 2.64 bits per heavy atom. The third-order valence-corrected chi connectivity index (χ3v) is 4.20. The summed E-state index contributed by atoms with van der Waals surface area (Å²) in [6.45, 7) is 3.86. The molecule has 3 rings (SSSR count). The predicted molar refractivity (Wildman–Crippen MR) is 99.5 cm³/mol. The largest absolute Gasteiger partial charge is 0.480 e. The number of hydrogen-bond acceptors (Lipinski definition) is 3. The van der Waals surface area contributed by atoms with E-state index in [-0.39, 0.29) is 24.6 Å². The average molecular weight is 390 g/mol. The van der Waals surface area contributed by atoms with E-state index >= 15 is 0 Å². The van der Waals surface area contributed by atoms with Gasteiger partial charge in [0.25, 0.3) is 12.3 Å². The van der Waals surface area contributed by atoms with Gasteiger partial charge >= 0.3 is 5.97 Å². The Labute approximate surface area is 159 Å². The number of aromatic nitrogens is 3. The molecule has 148 valence electrons. The summed E-state index contributed by atoms with van der Waals surface area (Å²) in [5.74, 6) is -1.53. The molecule has 1 aromatic carbocycles. The minimum absolute atomic E-state index is 0.102. The maximum absolute atomic E-state index is 13.5. The van der Waals surface area contributed by atoms with Gasteiger partial charge in [-0.1, -0.05) is 13.8 Å². The van der Waals surface area contributed by atoms with Crippen molar-refractivity contribution in [2.75, 3.05) is 5.32 Å². The number of aliphatic carboxylic acids is 1. The number of carboxylic acids is 1. The van der Waals surface area contributed by atoms with Crippen LogP contribution in [0, 0.1) is 5.92 Å². The smallest absolute Gasteiger partial charge is 0.323 e. The van der Waals surface area contributed by atoms with Gasteiger partial charge in [-0.2, -0.15) is 5.10 Å². The first-order valence-electron chi connectivity index (χ1n) is 8.72. The number of amides is 1. The second-order valence-corrected chi connectivity index (χ2v) is 6.89. The molecule has 0 bridgehead atoms. The molecule has 2 aromatic heterocycles. The fourth-order valence-corrected chi connectivity index (χ4v) is 3.05. The van der Waals surface area contributed by atoms with Gasteiger partial charge in [-0.05, 0) is 30.2 Å². The summed E-state index contributed by atoms with van der Waals surface area (Å²) < 4.78 is 29.7. The lowest BCUT2D eigenvalue weighted by molar-refractivity contribution is -0.137. The van der Waals surface area contributed by atoms with Crippen molar-refractivity contribution in [2.24, 2.45) is 5.92 Å². The predicted octanol–water partition coefficient (Wildman–Crippen LogP) is 3.77. The lowest BCUT2D eigenvalue weighted by atomic mass is 10.2. The molecule has 0 aliphatic rings. The van der Waals surface area contributed by atoms with E-state index in [4.69, 9.17) is 5.11 Å². The summed E-state index contributed by atoms with van der Waals surface area (Å²) in [5.41, 5.74) is 0.542. The van der Waals surface area contributed by atoms with Gasteiger partial charge in [0.05, 0.1) is 11.8 Å². The van der Waals surface area contributed by atoms with Crippen LogP contribution in [0.2, 0.25) is 0 Å². The summed E-state index contributed by atoms with van der Waals surface area (Å²) in [4.78, 5) is 23.4. The first-order valence-corrected chi connectivity index (χ1v) is 8.72. The van der Waals surface area contributed by atoms with Crippen molar-refractivity contribution < 1.29 is 23.5 Å². The molecule has 3 aromatic rings. The van der Waals surface area contributed by atoms with E-state index in [9.17, 15) is 18.4 Å². The molecule has 2 N–H and O–H groups in total. The van der Waals surface area contributed by atoms with Crippen LogP contribution in [0.3, 0.4) is 0 Å². The van der Waals surface area contributed by atoms with E-state index in [1.165, 1.54) is 4.68 Å². The van der Waals surface area contributed by atoms with Gasteiger partial charge in [0.1, 0.15) is 12.2 Å². The maximum Gasteiger partial charge on any atom is 0.323 e. The number of alkyl halides is 2. The van der Waals surface area contributed by atoms with Crippen LogP contribution in [-0.4, -0.2) is 31.3 Å². The molecule has 7 nitrogen and oxygen atoms in total. The zero-order valence-corrected chi connectivity index (χ0v) is 15.4. The molecule has 0 atom stereocenters. The highest BCUT2D eigenvalue weighted by Gasteiger charge is 2.25. The lowest BCUT2D eigenvalue weighted by Crippen LogP contribution is -2.16. The number of anilines is 1. The molecule has 0 aliphatic heterocycles. The molecule has 0 radical (unpaired) electrons. The summed E-state index contributed by atoms with van der Waals surface area (Å²) in [6, 6.07) is 6.65. The van der Waals surface area contributed by atoms with Crippen molar-refractivity contribution >= 4 is 28.5 Å². The number of nitrogens with one attached hydrogen (secondary N) is 1. The number of nitrogens with zero attached hydrogens (tertiary/aromatic N) is 3. The number of hydrogen-bond donors (Lipinski definition) is 2. The summed E-state index contributed by atoms with van der Waals surface area (Å²) in [7, 11) is 0. The molecule has 0 spiro atoms. The van der Waals surface area contributed by atoms with E-state index in [1.54, 1.807) is 35.0 Å². The molecular formula is C19H20F2N4O3. The zero-order valence-electron chi connectivity index (χ0n) is 15.4. The van der Waals surface area contributed by atoms with E-state index in [0.29, 0.717) is 11.2 Å². The summed E-state index contributed by atoms with van der Waals surface area (Å²) in [5, 5.41) is 16.2. The van der Waals surface area contributed by atoms with Crippen molar-refractivity contribution in [2.45, 2.75) is 33.4 Å². The van der Waals surface area contributed by atoms with Gasteiger partial charge in [-0.15, -0.1) is 0 Å². The van der Waals surface area contributed by atoms with Crippen molar-refractivity contribution in [1.29, 1.82) is 0 Å². The first kappa shape index (κ1) is 19.5. The van der Waals surface area contributed by atoms with E-state index in [2.05, 4.69) is 10.4 Å².